The van der Waals surface area contributed by atoms with E-state index in [1.54, 1.807) is 60.7 Å². The van der Waals surface area contributed by atoms with Crippen molar-refractivity contribution in [3.05, 3.63) is 96.1 Å². The van der Waals surface area contributed by atoms with Crippen LogP contribution in [0.25, 0.3) is 0 Å². The van der Waals surface area contributed by atoms with Crippen molar-refractivity contribution in [3.8, 4) is 70.7 Å². The number of ether oxygens (including phenoxy) is 5. The molecule has 4 rings (SSSR count). The van der Waals surface area contributed by atoms with Gasteiger partial charge in [0.2, 0.25) is 20.8 Å². The van der Waals surface area contributed by atoms with Crippen LogP contribution in [0.2, 0.25) is 0 Å². The zero-order valence-electron chi connectivity index (χ0n) is 25.0. The van der Waals surface area contributed by atoms with Gasteiger partial charge in [-0.15, -0.1) is 21.5 Å². The molecule has 0 unspecified atom stereocenters. The molecule has 0 spiro atoms. The van der Waals surface area contributed by atoms with Crippen LogP contribution in [0.5, 0.6) is 46.0 Å². The van der Waals surface area contributed by atoms with Crippen LogP contribution in [0.15, 0.2) is 84.9 Å². The number of hydrogen-bond acceptors (Lipinski definition) is 15. The Labute approximate surface area is 281 Å². The summed E-state index contributed by atoms with van der Waals surface area (Å²) in [7, 11) is -10.1. The van der Waals surface area contributed by atoms with E-state index < -0.39 is 34.0 Å². The molecule has 0 fully saturated rings. The van der Waals surface area contributed by atoms with Crippen molar-refractivity contribution in [2.24, 2.45) is 0 Å². The SMILES string of the molecule is C#Cc1ccc(Oc2ccc(Oc3ccc(Oc4ccc(C#C)cc4)c(OCCOOS(=O)(=O)[O-])c3)cc2OCCOOS(=O)(=O)[O-])cc1. The maximum absolute atomic E-state index is 10.6. The molecule has 0 N–H and O–H groups in total. The molecule has 4 aromatic carbocycles. The van der Waals surface area contributed by atoms with Gasteiger partial charge in [-0.25, -0.2) is 26.6 Å². The fraction of sp³-hybridized carbons (Fsp3) is 0.125. The van der Waals surface area contributed by atoms with Crippen LogP contribution in [0.1, 0.15) is 11.1 Å². The van der Waals surface area contributed by atoms with Crippen LogP contribution in [0.3, 0.4) is 0 Å². The second-order valence-electron chi connectivity index (χ2n) is 9.15. The first kappa shape index (κ1) is 36.5. The predicted octanol–water partition coefficient (Wildman–Crippen LogP) is 4.60. The molecule has 0 saturated carbocycles. The van der Waals surface area contributed by atoms with Crippen LogP contribution in [0, 0.1) is 24.7 Å². The van der Waals surface area contributed by atoms with Gasteiger partial charge in [-0.3, -0.25) is 0 Å². The predicted molar refractivity (Wildman–Crippen MR) is 166 cm³/mol. The normalized spacial score (nSPS) is 11.2. The lowest BCUT2D eigenvalue weighted by molar-refractivity contribution is -0.212. The average molecular weight is 713 g/mol. The minimum absolute atomic E-state index is 0.129. The lowest BCUT2D eigenvalue weighted by atomic mass is 10.2. The Morgan fingerprint density at radius 3 is 1.20 bits per heavy atom. The first-order valence-electron chi connectivity index (χ1n) is 13.7. The average Bonchev–Trinajstić information content (AvgIpc) is 3.06. The lowest BCUT2D eigenvalue weighted by Gasteiger charge is -2.16. The van der Waals surface area contributed by atoms with Gasteiger partial charge in [-0.2, -0.15) is 0 Å². The summed E-state index contributed by atoms with van der Waals surface area (Å²) in [6, 6.07) is 22.4. The van der Waals surface area contributed by atoms with E-state index in [2.05, 4.69) is 30.3 Å². The highest BCUT2D eigenvalue weighted by molar-refractivity contribution is 7.80. The molecule has 0 aliphatic rings. The first-order valence-corrected chi connectivity index (χ1v) is 16.3. The molecular weight excluding hydrogens is 688 g/mol. The van der Waals surface area contributed by atoms with Crippen LogP contribution >= 0.6 is 0 Å². The minimum Gasteiger partial charge on any atom is -0.724 e. The van der Waals surface area contributed by atoms with E-state index >= 15 is 0 Å². The highest BCUT2D eigenvalue weighted by Gasteiger charge is 2.14. The van der Waals surface area contributed by atoms with Gasteiger partial charge >= 0.3 is 0 Å². The van der Waals surface area contributed by atoms with E-state index in [0.717, 1.165) is 0 Å². The summed E-state index contributed by atoms with van der Waals surface area (Å²) in [6.45, 7) is -1.41. The van der Waals surface area contributed by atoms with E-state index in [1.807, 2.05) is 0 Å². The molecule has 0 atom stereocenters. The third-order valence-electron chi connectivity index (χ3n) is 5.67. The van der Waals surface area contributed by atoms with Crippen molar-refractivity contribution in [3.63, 3.8) is 0 Å². The van der Waals surface area contributed by atoms with Crippen LogP contribution < -0.4 is 23.7 Å². The Morgan fingerprint density at radius 1 is 0.490 bits per heavy atom. The van der Waals surface area contributed by atoms with Gasteiger partial charge in [0.15, 0.2) is 23.0 Å². The summed E-state index contributed by atoms with van der Waals surface area (Å²) in [5.41, 5.74) is 1.27. The van der Waals surface area contributed by atoms with Crippen molar-refractivity contribution in [1.82, 2.24) is 0 Å². The molecule has 0 saturated heterocycles. The molecule has 0 heterocycles. The number of hydrogen-bond donors (Lipinski definition) is 0. The van der Waals surface area contributed by atoms with Crippen LogP contribution in [-0.2, 0) is 39.2 Å². The maximum Gasteiger partial charge on any atom is 0.245 e. The van der Waals surface area contributed by atoms with Gasteiger partial charge in [0.25, 0.3) is 0 Å². The van der Waals surface area contributed by atoms with E-state index in [4.69, 9.17) is 36.5 Å². The molecule has 4 aromatic rings. The van der Waals surface area contributed by atoms with E-state index in [9.17, 15) is 25.9 Å². The Hall–Kier alpha value is -5.34. The highest BCUT2D eigenvalue weighted by Crippen LogP contribution is 2.39. The van der Waals surface area contributed by atoms with Crippen LogP contribution in [0.4, 0.5) is 0 Å². The summed E-state index contributed by atoms with van der Waals surface area (Å²) in [4.78, 5) is 8.72. The monoisotopic (exact) mass is 712 g/mol. The molecule has 0 aliphatic heterocycles. The fourth-order valence-corrected chi connectivity index (χ4v) is 4.06. The van der Waals surface area contributed by atoms with Crippen molar-refractivity contribution in [2.75, 3.05) is 26.4 Å². The first-order chi connectivity index (χ1) is 23.4. The molecule has 17 heteroatoms. The minimum atomic E-state index is -5.07. The van der Waals surface area contributed by atoms with E-state index in [-0.39, 0.29) is 47.7 Å². The van der Waals surface area contributed by atoms with Crippen molar-refractivity contribution in [2.45, 2.75) is 0 Å². The molecule has 0 radical (unpaired) electrons. The highest BCUT2D eigenvalue weighted by atomic mass is 32.3. The third kappa shape index (κ3) is 12.7. The Bertz CT molecular complexity index is 1870. The molecule has 15 nitrogen and oxygen atoms in total. The quantitative estimate of drug-likeness (QED) is 0.0346. The van der Waals surface area contributed by atoms with Gasteiger partial charge in [0.05, 0.1) is 0 Å². The molecular formula is C32H24O15S2-2. The second-order valence-corrected chi connectivity index (χ2v) is 11.1. The van der Waals surface area contributed by atoms with E-state index in [0.29, 0.717) is 22.6 Å². The topological polar surface area (TPSA) is 197 Å². The van der Waals surface area contributed by atoms with Gasteiger partial charge < -0.3 is 32.8 Å². The number of rotatable bonds is 18. The number of benzene rings is 4. The zero-order chi connectivity index (χ0) is 35.3. The summed E-state index contributed by atoms with van der Waals surface area (Å²) < 4.78 is 100. The molecule has 0 bridgehead atoms. The maximum atomic E-state index is 10.6. The third-order valence-corrected chi connectivity index (χ3v) is 6.20. The molecule has 0 aromatic heterocycles. The lowest BCUT2D eigenvalue weighted by Crippen LogP contribution is -2.11. The van der Waals surface area contributed by atoms with Crippen molar-refractivity contribution < 1.29 is 68.1 Å². The zero-order valence-corrected chi connectivity index (χ0v) is 26.6. The Kier molecular flexibility index (Phi) is 12.8. The fourth-order valence-electron chi connectivity index (χ4n) is 3.68. The Morgan fingerprint density at radius 2 is 0.857 bits per heavy atom. The van der Waals surface area contributed by atoms with Crippen molar-refractivity contribution >= 4 is 20.8 Å². The van der Waals surface area contributed by atoms with Gasteiger partial charge in [0.1, 0.15) is 49.4 Å². The largest absolute Gasteiger partial charge is 0.724 e. The standard InChI is InChI=1S/C32H26O15S2/c1-3-23-5-9-25(10-6-23)44-29-15-13-27(21-31(29)39-17-19-41-46-48(33,34)35)43-28-14-16-30(45-26-11-7-24(4-2)8-12-26)32(22-28)40-18-20-42-47-49(36,37)38/h1-2,5-16,21-22H,17-20H2,(H,33,34,35)(H,36,37,38)/p-2. The molecule has 0 aliphatic carbocycles. The van der Waals surface area contributed by atoms with Crippen molar-refractivity contribution in [1.29, 1.82) is 0 Å². The van der Waals surface area contributed by atoms with Gasteiger partial charge in [-0.05, 0) is 72.8 Å². The van der Waals surface area contributed by atoms with E-state index in [1.165, 1.54) is 24.3 Å². The summed E-state index contributed by atoms with van der Waals surface area (Å²) in [5.74, 6) is 7.03. The Balaban J connectivity index is 1.54. The molecule has 256 valence electrons. The number of terminal acetylenes is 2. The summed E-state index contributed by atoms with van der Waals surface area (Å²) in [6.07, 6.45) is 10.8. The molecule has 0 amide bonds. The summed E-state index contributed by atoms with van der Waals surface area (Å²) in [5, 5.41) is 0. The molecule has 49 heavy (non-hydrogen) atoms. The summed E-state index contributed by atoms with van der Waals surface area (Å²) >= 11 is 0. The van der Waals surface area contributed by atoms with Gasteiger partial charge in [-0.1, -0.05) is 11.8 Å². The second kappa shape index (κ2) is 17.2. The van der Waals surface area contributed by atoms with Crippen LogP contribution in [-0.4, -0.2) is 52.4 Å². The van der Waals surface area contributed by atoms with Gasteiger partial charge in [0, 0.05) is 23.3 Å². The smallest absolute Gasteiger partial charge is 0.245 e.